The van der Waals surface area contributed by atoms with Crippen molar-refractivity contribution in [1.29, 1.82) is 0 Å². The molecule has 1 fully saturated rings. The number of rotatable bonds is 4. The number of H-pyrrole nitrogens is 1. The lowest BCUT2D eigenvalue weighted by molar-refractivity contribution is 0.0529. The Bertz CT molecular complexity index is 1070. The number of hydrogen-bond donors (Lipinski definition) is 2. The van der Waals surface area contributed by atoms with Gasteiger partial charge in [-0.3, -0.25) is 9.89 Å². The van der Waals surface area contributed by atoms with Crippen molar-refractivity contribution in [1.82, 2.24) is 25.1 Å². The molecule has 3 aromatic rings. The minimum Gasteiger partial charge on any atom is -0.462 e. The molecule has 0 radical (unpaired) electrons. The zero-order valence-electron chi connectivity index (χ0n) is 16.1. The number of ether oxygens (including phenoxy) is 1. The first kappa shape index (κ1) is 19.1. The van der Waals surface area contributed by atoms with Crippen LogP contribution in [0.1, 0.15) is 33.5 Å². The second-order valence-electron chi connectivity index (χ2n) is 6.67. The zero-order valence-corrected chi connectivity index (χ0v) is 17.0. The summed E-state index contributed by atoms with van der Waals surface area (Å²) in [6, 6.07) is 1.74. The molecule has 3 N–H and O–H groups in total. The van der Waals surface area contributed by atoms with Crippen LogP contribution in [0.25, 0.3) is 10.2 Å². The van der Waals surface area contributed by atoms with E-state index >= 15 is 0 Å². The highest BCUT2D eigenvalue weighted by Crippen LogP contribution is 2.33. The van der Waals surface area contributed by atoms with Crippen LogP contribution in [0.3, 0.4) is 0 Å². The first-order valence-corrected chi connectivity index (χ1v) is 10.1. The second-order valence-corrected chi connectivity index (χ2v) is 7.53. The first-order valence-electron chi connectivity index (χ1n) is 9.26. The summed E-state index contributed by atoms with van der Waals surface area (Å²) in [7, 11) is 0. The summed E-state index contributed by atoms with van der Waals surface area (Å²) in [5, 5.41) is 9.20. The van der Waals surface area contributed by atoms with Gasteiger partial charge in [0.25, 0.3) is 5.91 Å². The van der Waals surface area contributed by atoms with E-state index in [1.54, 1.807) is 23.3 Å². The van der Waals surface area contributed by atoms with Crippen LogP contribution >= 0.6 is 11.3 Å². The Labute approximate surface area is 170 Å². The van der Waals surface area contributed by atoms with E-state index < -0.39 is 5.97 Å². The maximum absolute atomic E-state index is 12.6. The first-order chi connectivity index (χ1) is 14.0. The summed E-state index contributed by atoms with van der Waals surface area (Å²) >= 11 is 1.33. The van der Waals surface area contributed by atoms with Gasteiger partial charge in [-0.25, -0.2) is 9.78 Å². The number of thiophene rings is 1. The molecular weight excluding hydrogens is 394 g/mol. The highest BCUT2D eigenvalue weighted by molar-refractivity contribution is 7.17. The smallest absolute Gasteiger partial charge is 0.339 e. The van der Waals surface area contributed by atoms with Crippen LogP contribution in [-0.4, -0.2) is 69.7 Å². The molecule has 0 aromatic carbocycles. The third-order valence-electron chi connectivity index (χ3n) is 4.72. The molecule has 152 valence electrons. The molecule has 0 bridgehead atoms. The number of carbonyl (C=O) groups excluding carboxylic acids is 2. The minimum atomic E-state index is -0.406. The summed E-state index contributed by atoms with van der Waals surface area (Å²) < 4.78 is 5.17. The van der Waals surface area contributed by atoms with E-state index in [0.29, 0.717) is 53.5 Å². The van der Waals surface area contributed by atoms with Gasteiger partial charge in [-0.15, -0.1) is 11.3 Å². The monoisotopic (exact) mass is 415 g/mol. The van der Waals surface area contributed by atoms with Crippen molar-refractivity contribution < 1.29 is 14.3 Å². The predicted molar refractivity (Wildman–Crippen MR) is 109 cm³/mol. The van der Waals surface area contributed by atoms with Crippen LogP contribution in [0.5, 0.6) is 0 Å². The van der Waals surface area contributed by atoms with Gasteiger partial charge in [0.1, 0.15) is 16.3 Å². The number of anilines is 2. The number of nitrogen functional groups attached to an aromatic ring is 1. The van der Waals surface area contributed by atoms with E-state index in [9.17, 15) is 9.59 Å². The van der Waals surface area contributed by atoms with Crippen molar-refractivity contribution in [3.63, 3.8) is 0 Å². The highest BCUT2D eigenvalue weighted by Gasteiger charge is 2.28. The van der Waals surface area contributed by atoms with Crippen molar-refractivity contribution in [3.05, 3.63) is 28.4 Å². The highest BCUT2D eigenvalue weighted by atomic mass is 32.1. The van der Waals surface area contributed by atoms with Gasteiger partial charge in [0.2, 0.25) is 5.95 Å². The largest absolute Gasteiger partial charge is 0.462 e. The fraction of sp³-hybridized carbons (Fsp3) is 0.389. The normalized spacial score (nSPS) is 14.4. The van der Waals surface area contributed by atoms with Crippen molar-refractivity contribution in [2.75, 3.05) is 43.4 Å². The predicted octanol–water partition coefficient (Wildman–Crippen LogP) is 1.44. The van der Waals surface area contributed by atoms with Gasteiger partial charge < -0.3 is 20.3 Å². The van der Waals surface area contributed by atoms with Crippen molar-refractivity contribution in [2.45, 2.75) is 13.8 Å². The number of carbonyl (C=O) groups is 2. The maximum Gasteiger partial charge on any atom is 0.339 e. The van der Waals surface area contributed by atoms with Crippen LogP contribution in [0.2, 0.25) is 0 Å². The molecule has 1 saturated heterocycles. The molecule has 4 heterocycles. The Kier molecular flexibility index (Phi) is 5.05. The lowest BCUT2D eigenvalue weighted by Gasteiger charge is -2.35. The van der Waals surface area contributed by atoms with Gasteiger partial charge in [0, 0.05) is 37.3 Å². The summed E-state index contributed by atoms with van der Waals surface area (Å²) in [6.07, 6.45) is 0. The molecule has 29 heavy (non-hydrogen) atoms. The number of nitrogens with two attached hydrogens (primary N) is 1. The summed E-state index contributed by atoms with van der Waals surface area (Å²) in [4.78, 5) is 38.0. The lowest BCUT2D eigenvalue weighted by Crippen LogP contribution is -2.49. The van der Waals surface area contributed by atoms with Gasteiger partial charge in [-0.1, -0.05) is 0 Å². The number of hydrogen-bond acceptors (Lipinski definition) is 9. The number of nitrogens with one attached hydrogen (secondary N) is 1. The number of aromatic nitrogens is 4. The number of nitrogens with zero attached hydrogens (tertiary/aromatic N) is 5. The van der Waals surface area contributed by atoms with Gasteiger partial charge in [0.15, 0.2) is 0 Å². The van der Waals surface area contributed by atoms with E-state index in [-0.39, 0.29) is 18.5 Å². The number of aryl methyl sites for hydroxylation is 1. The topological polar surface area (TPSA) is 130 Å². The van der Waals surface area contributed by atoms with E-state index in [1.165, 1.54) is 11.3 Å². The second kappa shape index (κ2) is 7.66. The number of amides is 1. The van der Waals surface area contributed by atoms with Crippen LogP contribution in [-0.2, 0) is 4.74 Å². The molecule has 0 spiro atoms. The molecular formula is C18H21N7O3S. The van der Waals surface area contributed by atoms with Crippen LogP contribution < -0.4 is 10.6 Å². The standard InChI is InChI=1S/C18H21N7O3S/c1-3-28-17(27)11-9-29-15-13(11)14(20-18(19)21-15)24-4-6-25(7-5-24)16(26)12-8-10(2)22-23-12/h8-9H,3-7H2,1-2H3,(H,22,23)(H2,19,20,21). The number of fused-ring (bicyclic) bond motifs is 1. The maximum atomic E-state index is 12.6. The van der Waals surface area contributed by atoms with Gasteiger partial charge in [0.05, 0.1) is 17.6 Å². The zero-order chi connectivity index (χ0) is 20.5. The Hall–Kier alpha value is -3.21. The molecule has 4 rings (SSSR count). The Morgan fingerprint density at radius 2 is 2.03 bits per heavy atom. The molecule has 0 aliphatic carbocycles. The summed E-state index contributed by atoms with van der Waals surface area (Å²) in [5.74, 6) is 0.231. The summed E-state index contributed by atoms with van der Waals surface area (Å²) in [5.41, 5.74) is 7.58. The minimum absolute atomic E-state index is 0.107. The average Bonchev–Trinajstić information content (AvgIpc) is 3.33. The van der Waals surface area contributed by atoms with Crippen molar-refractivity contribution >= 4 is 45.2 Å². The molecule has 1 aliphatic rings. The average molecular weight is 415 g/mol. The SMILES string of the molecule is CCOC(=O)c1csc2nc(N)nc(N3CCN(C(=O)c4cc(C)[nH]n4)CC3)c12. The van der Waals surface area contributed by atoms with Crippen molar-refractivity contribution in [2.24, 2.45) is 0 Å². The van der Waals surface area contributed by atoms with Gasteiger partial charge >= 0.3 is 5.97 Å². The molecule has 11 heteroatoms. The van der Waals surface area contributed by atoms with E-state index in [4.69, 9.17) is 10.5 Å². The third kappa shape index (κ3) is 3.60. The fourth-order valence-corrected chi connectivity index (χ4v) is 4.25. The van der Waals surface area contributed by atoms with Gasteiger partial charge in [-0.2, -0.15) is 10.1 Å². The molecule has 3 aromatic heterocycles. The quantitative estimate of drug-likeness (QED) is 0.612. The Balaban J connectivity index is 1.58. The summed E-state index contributed by atoms with van der Waals surface area (Å²) in [6.45, 7) is 6.03. The molecule has 1 amide bonds. The third-order valence-corrected chi connectivity index (χ3v) is 5.59. The van der Waals surface area contributed by atoms with Crippen LogP contribution in [0.4, 0.5) is 11.8 Å². The molecule has 10 nitrogen and oxygen atoms in total. The fourth-order valence-electron chi connectivity index (χ4n) is 3.34. The number of esters is 1. The van der Waals surface area contributed by atoms with Crippen molar-refractivity contribution in [3.8, 4) is 0 Å². The molecule has 0 unspecified atom stereocenters. The number of aromatic amines is 1. The molecule has 1 aliphatic heterocycles. The number of piperazine rings is 1. The Morgan fingerprint density at radius 3 is 2.69 bits per heavy atom. The van der Waals surface area contributed by atoms with E-state index in [0.717, 1.165) is 5.69 Å². The van der Waals surface area contributed by atoms with Crippen LogP contribution in [0.15, 0.2) is 11.4 Å². The van der Waals surface area contributed by atoms with E-state index in [1.807, 2.05) is 11.8 Å². The Morgan fingerprint density at radius 1 is 1.28 bits per heavy atom. The molecule has 0 atom stereocenters. The molecule has 0 saturated carbocycles. The van der Waals surface area contributed by atoms with Crippen LogP contribution in [0, 0.1) is 6.92 Å². The van der Waals surface area contributed by atoms with Gasteiger partial charge in [-0.05, 0) is 19.9 Å². The lowest BCUT2D eigenvalue weighted by atomic mass is 10.2. The van der Waals surface area contributed by atoms with E-state index in [2.05, 4.69) is 20.2 Å².